The van der Waals surface area contributed by atoms with Gasteiger partial charge in [0.25, 0.3) is 0 Å². The van der Waals surface area contributed by atoms with Crippen molar-refractivity contribution in [3.8, 4) is 0 Å². The topological polar surface area (TPSA) is 24.9 Å². The summed E-state index contributed by atoms with van der Waals surface area (Å²) in [5.41, 5.74) is 3.21. The maximum Gasteiger partial charge on any atom is 0.164 e. The Morgan fingerprint density at radius 1 is 1.00 bits per heavy atom. The van der Waals surface area contributed by atoms with Gasteiger partial charge in [-0.05, 0) is 44.5 Å². The molecule has 4 heteroatoms. The minimum atomic E-state index is -0.791. The molecule has 0 aliphatic carbocycles. The Hall–Kier alpha value is -1.81. The minimum absolute atomic E-state index is 0.310. The summed E-state index contributed by atoms with van der Waals surface area (Å²) in [4.78, 5) is 4.42. The van der Waals surface area contributed by atoms with Gasteiger partial charge in [-0.25, -0.2) is 8.78 Å². The molecule has 0 spiro atoms. The number of aromatic nitrogens is 1. The lowest BCUT2D eigenvalue weighted by Gasteiger charge is -2.21. The van der Waals surface area contributed by atoms with E-state index in [1.54, 1.807) is 19.1 Å². The van der Waals surface area contributed by atoms with Crippen molar-refractivity contribution in [2.75, 3.05) is 6.54 Å². The highest BCUT2D eigenvalue weighted by Gasteiger charge is 2.22. The summed E-state index contributed by atoms with van der Waals surface area (Å²) < 4.78 is 28.2. The summed E-state index contributed by atoms with van der Waals surface area (Å²) in [6.07, 6.45) is 0. The standard InChI is InChI=1S/C17H20F2N2/c1-5-20-17(13-9-7-11(3)21-12(13)4)14-8-6-10(2)15(18)16(14)19/h6-9,17,20H,5H2,1-4H3. The molecule has 1 atom stereocenters. The number of aryl methyl sites for hydroxylation is 3. The van der Waals surface area contributed by atoms with Gasteiger partial charge in [0.1, 0.15) is 0 Å². The van der Waals surface area contributed by atoms with E-state index in [9.17, 15) is 8.78 Å². The van der Waals surface area contributed by atoms with E-state index in [2.05, 4.69) is 10.3 Å². The van der Waals surface area contributed by atoms with Gasteiger partial charge in [-0.1, -0.05) is 25.1 Å². The summed E-state index contributed by atoms with van der Waals surface area (Å²) in [5.74, 6) is -1.57. The molecule has 0 aliphatic rings. The second kappa shape index (κ2) is 6.31. The molecule has 21 heavy (non-hydrogen) atoms. The number of hydrogen-bond acceptors (Lipinski definition) is 2. The first kappa shape index (κ1) is 15.6. The Labute approximate surface area is 124 Å². The van der Waals surface area contributed by atoms with Gasteiger partial charge < -0.3 is 5.32 Å². The van der Waals surface area contributed by atoms with Gasteiger partial charge in [0.15, 0.2) is 11.6 Å². The van der Waals surface area contributed by atoms with Crippen molar-refractivity contribution in [2.24, 2.45) is 0 Å². The van der Waals surface area contributed by atoms with Crippen LogP contribution in [0.2, 0.25) is 0 Å². The average molecular weight is 290 g/mol. The van der Waals surface area contributed by atoms with Crippen molar-refractivity contribution in [3.63, 3.8) is 0 Å². The zero-order chi connectivity index (χ0) is 15.6. The number of rotatable bonds is 4. The molecular formula is C17H20F2N2. The molecule has 1 N–H and O–H groups in total. The Morgan fingerprint density at radius 2 is 1.67 bits per heavy atom. The molecule has 1 aromatic heterocycles. The van der Waals surface area contributed by atoms with Crippen molar-refractivity contribution in [2.45, 2.75) is 33.7 Å². The normalized spacial score (nSPS) is 12.5. The first-order valence-corrected chi connectivity index (χ1v) is 7.07. The quantitative estimate of drug-likeness (QED) is 0.921. The number of pyridine rings is 1. The fourth-order valence-corrected chi connectivity index (χ4v) is 2.48. The number of nitrogens with one attached hydrogen (secondary N) is 1. The van der Waals surface area contributed by atoms with Gasteiger partial charge in [0.05, 0.1) is 6.04 Å². The Morgan fingerprint density at radius 3 is 2.29 bits per heavy atom. The third-order valence-corrected chi connectivity index (χ3v) is 3.60. The fraction of sp³-hybridized carbons (Fsp3) is 0.353. The van der Waals surface area contributed by atoms with E-state index in [-0.39, 0.29) is 0 Å². The minimum Gasteiger partial charge on any atom is -0.306 e. The Bertz CT molecular complexity index is 653. The largest absolute Gasteiger partial charge is 0.306 e. The van der Waals surface area contributed by atoms with Crippen molar-refractivity contribution < 1.29 is 8.78 Å². The number of benzene rings is 1. The molecule has 1 heterocycles. The number of hydrogen-bond donors (Lipinski definition) is 1. The maximum absolute atomic E-state index is 14.3. The predicted octanol–water partition coefficient (Wildman–Crippen LogP) is 3.98. The van der Waals surface area contributed by atoms with Crippen LogP contribution in [-0.2, 0) is 0 Å². The average Bonchev–Trinajstić information content (AvgIpc) is 2.44. The maximum atomic E-state index is 14.3. The van der Waals surface area contributed by atoms with Gasteiger partial charge >= 0.3 is 0 Å². The van der Waals surface area contributed by atoms with Gasteiger partial charge in [-0.2, -0.15) is 0 Å². The van der Waals surface area contributed by atoms with Crippen molar-refractivity contribution >= 4 is 0 Å². The predicted molar refractivity (Wildman–Crippen MR) is 80.3 cm³/mol. The molecule has 2 nitrogen and oxygen atoms in total. The summed E-state index contributed by atoms with van der Waals surface area (Å²) in [5, 5.41) is 3.22. The van der Waals surface area contributed by atoms with Crippen LogP contribution in [0.25, 0.3) is 0 Å². The van der Waals surface area contributed by atoms with Gasteiger partial charge in [0, 0.05) is 17.0 Å². The second-order valence-corrected chi connectivity index (χ2v) is 5.22. The lowest BCUT2D eigenvalue weighted by Crippen LogP contribution is -2.24. The lowest BCUT2D eigenvalue weighted by molar-refractivity contribution is 0.478. The Kier molecular flexibility index (Phi) is 4.68. The molecule has 1 unspecified atom stereocenters. The molecule has 0 saturated carbocycles. The molecule has 0 saturated heterocycles. The summed E-state index contributed by atoms with van der Waals surface area (Å²) >= 11 is 0. The van der Waals surface area contributed by atoms with E-state index in [4.69, 9.17) is 0 Å². The van der Waals surface area contributed by atoms with Gasteiger partial charge in [-0.3, -0.25) is 4.98 Å². The summed E-state index contributed by atoms with van der Waals surface area (Å²) in [7, 11) is 0. The highest BCUT2D eigenvalue weighted by atomic mass is 19.2. The third kappa shape index (κ3) is 3.10. The first-order chi connectivity index (χ1) is 9.95. The van der Waals surface area contributed by atoms with E-state index in [1.807, 2.05) is 32.9 Å². The van der Waals surface area contributed by atoms with Crippen LogP contribution in [0.1, 0.15) is 41.0 Å². The van der Waals surface area contributed by atoms with Crippen molar-refractivity contribution in [1.29, 1.82) is 0 Å². The van der Waals surface area contributed by atoms with Crippen LogP contribution in [0.5, 0.6) is 0 Å². The van der Waals surface area contributed by atoms with Crippen LogP contribution in [0.4, 0.5) is 8.78 Å². The smallest absolute Gasteiger partial charge is 0.164 e. The molecule has 0 amide bonds. The van der Waals surface area contributed by atoms with Crippen LogP contribution >= 0.6 is 0 Å². The van der Waals surface area contributed by atoms with E-state index >= 15 is 0 Å². The highest BCUT2D eigenvalue weighted by Crippen LogP contribution is 2.28. The lowest BCUT2D eigenvalue weighted by atomic mass is 9.95. The van der Waals surface area contributed by atoms with E-state index in [0.29, 0.717) is 17.7 Å². The SMILES string of the molecule is CCNC(c1ccc(C)nc1C)c1ccc(C)c(F)c1F. The van der Waals surface area contributed by atoms with Crippen LogP contribution in [0.3, 0.4) is 0 Å². The molecule has 0 bridgehead atoms. The van der Waals surface area contributed by atoms with Gasteiger partial charge in [0.2, 0.25) is 0 Å². The summed E-state index contributed by atoms with van der Waals surface area (Å²) in [6.45, 7) is 7.93. The molecule has 0 aliphatic heterocycles. The van der Waals surface area contributed by atoms with Crippen molar-refractivity contribution in [3.05, 3.63) is 64.0 Å². The van der Waals surface area contributed by atoms with E-state index in [1.165, 1.54) is 0 Å². The van der Waals surface area contributed by atoms with Crippen LogP contribution in [0.15, 0.2) is 24.3 Å². The Balaban J connectivity index is 2.56. The van der Waals surface area contributed by atoms with E-state index in [0.717, 1.165) is 17.0 Å². The van der Waals surface area contributed by atoms with E-state index < -0.39 is 17.7 Å². The zero-order valence-corrected chi connectivity index (χ0v) is 12.8. The molecule has 2 aromatic rings. The number of halogens is 2. The molecule has 0 radical (unpaired) electrons. The second-order valence-electron chi connectivity index (χ2n) is 5.22. The zero-order valence-electron chi connectivity index (χ0n) is 12.8. The van der Waals surface area contributed by atoms with Crippen molar-refractivity contribution in [1.82, 2.24) is 10.3 Å². The third-order valence-electron chi connectivity index (χ3n) is 3.60. The summed E-state index contributed by atoms with van der Waals surface area (Å²) in [6, 6.07) is 6.64. The molecule has 0 fully saturated rings. The highest BCUT2D eigenvalue weighted by molar-refractivity contribution is 5.37. The van der Waals surface area contributed by atoms with Crippen LogP contribution in [0, 0.1) is 32.4 Å². The molecule has 2 rings (SSSR count). The molecular weight excluding hydrogens is 270 g/mol. The monoisotopic (exact) mass is 290 g/mol. The van der Waals surface area contributed by atoms with Gasteiger partial charge in [-0.15, -0.1) is 0 Å². The fourth-order valence-electron chi connectivity index (χ4n) is 2.48. The van der Waals surface area contributed by atoms with Crippen LogP contribution in [-0.4, -0.2) is 11.5 Å². The van der Waals surface area contributed by atoms with Crippen LogP contribution < -0.4 is 5.32 Å². The molecule has 112 valence electrons. The number of nitrogens with zero attached hydrogens (tertiary/aromatic N) is 1. The molecule has 1 aromatic carbocycles. The first-order valence-electron chi connectivity index (χ1n) is 7.07.